The van der Waals surface area contributed by atoms with Crippen molar-refractivity contribution in [2.45, 2.75) is 43.9 Å². The van der Waals surface area contributed by atoms with Gasteiger partial charge in [0.15, 0.2) is 0 Å². The maximum atomic E-state index is 12.7. The summed E-state index contributed by atoms with van der Waals surface area (Å²) in [7, 11) is 0. The van der Waals surface area contributed by atoms with Crippen LogP contribution in [0.4, 0.5) is 0 Å². The summed E-state index contributed by atoms with van der Waals surface area (Å²) in [6.45, 7) is 0.757. The first kappa shape index (κ1) is 24.5. The van der Waals surface area contributed by atoms with Gasteiger partial charge in [-0.1, -0.05) is 0 Å². The zero-order valence-corrected chi connectivity index (χ0v) is 17.2. The first-order chi connectivity index (χ1) is 15.2. The van der Waals surface area contributed by atoms with Gasteiger partial charge in [-0.25, -0.2) is 14.8 Å². The van der Waals surface area contributed by atoms with Crippen molar-refractivity contribution in [2.75, 3.05) is 6.61 Å². The van der Waals surface area contributed by atoms with Gasteiger partial charge in [-0.15, -0.1) is 0 Å². The molecular weight excluding hydrogens is 424 g/mol. The Morgan fingerprint density at radius 2 is 1.47 bits per heavy atom. The van der Waals surface area contributed by atoms with Gasteiger partial charge in [-0.3, -0.25) is 14.4 Å². The maximum Gasteiger partial charge on any atom is 0.326 e. The van der Waals surface area contributed by atoms with E-state index in [1.165, 1.54) is 32.0 Å². The highest BCUT2D eigenvalue weighted by atomic mass is 16.4. The number of imidazole rings is 2. The van der Waals surface area contributed by atoms with Crippen molar-refractivity contribution in [1.29, 1.82) is 0 Å². The number of aliphatic hydroxyl groups is 1. The third kappa shape index (κ3) is 7.17. The second-order valence-electron chi connectivity index (χ2n) is 7.04. The number of amides is 3. The SMILES string of the molecule is CC(NC(=O)C(Cc1cnc[nH]1)NC(=O)C(N)CO)C(=O)NC(Cc1cnc[nH]1)C(=O)O. The van der Waals surface area contributed by atoms with Crippen molar-refractivity contribution in [3.8, 4) is 0 Å². The average Bonchev–Trinajstić information content (AvgIpc) is 3.45. The highest BCUT2D eigenvalue weighted by Gasteiger charge is 2.29. The first-order valence-corrected chi connectivity index (χ1v) is 9.66. The minimum atomic E-state index is -1.26. The molecule has 14 heteroatoms. The number of nitrogens with zero attached hydrogens (tertiary/aromatic N) is 2. The number of aliphatic carboxylic acids is 1. The topological polar surface area (TPSA) is 228 Å². The van der Waals surface area contributed by atoms with Gasteiger partial charge >= 0.3 is 5.97 Å². The van der Waals surface area contributed by atoms with Gasteiger partial charge in [0.2, 0.25) is 17.7 Å². The maximum absolute atomic E-state index is 12.7. The van der Waals surface area contributed by atoms with E-state index in [9.17, 15) is 24.3 Å². The van der Waals surface area contributed by atoms with Crippen molar-refractivity contribution in [3.05, 3.63) is 36.4 Å². The van der Waals surface area contributed by atoms with Crippen LogP contribution >= 0.6 is 0 Å². The van der Waals surface area contributed by atoms with Crippen molar-refractivity contribution >= 4 is 23.7 Å². The predicted octanol–water partition coefficient (Wildman–Crippen LogP) is -3.20. The third-order valence-electron chi connectivity index (χ3n) is 4.49. The number of aromatic amines is 2. The molecular formula is C18H26N8O6. The van der Waals surface area contributed by atoms with Gasteiger partial charge in [0.1, 0.15) is 24.2 Å². The third-order valence-corrected chi connectivity index (χ3v) is 4.49. The summed E-state index contributed by atoms with van der Waals surface area (Å²) in [6.07, 6.45) is 5.67. The molecule has 0 aliphatic carbocycles. The lowest BCUT2D eigenvalue weighted by Crippen LogP contribution is -2.57. The van der Waals surface area contributed by atoms with Crippen LogP contribution in [0, 0.1) is 0 Å². The fourth-order valence-corrected chi connectivity index (χ4v) is 2.68. The molecule has 0 bridgehead atoms. The zero-order chi connectivity index (χ0) is 23.7. The van der Waals surface area contributed by atoms with Crippen LogP contribution in [0.3, 0.4) is 0 Å². The molecule has 0 aliphatic heterocycles. The average molecular weight is 450 g/mol. The van der Waals surface area contributed by atoms with Gasteiger partial charge in [0.25, 0.3) is 0 Å². The second kappa shape index (κ2) is 11.6. The molecule has 174 valence electrons. The molecule has 2 aromatic rings. The number of carboxylic acid groups (broad SMARTS) is 1. The van der Waals surface area contributed by atoms with Crippen LogP contribution < -0.4 is 21.7 Å². The minimum absolute atomic E-state index is 0.0155. The molecule has 0 aromatic carbocycles. The van der Waals surface area contributed by atoms with Crippen LogP contribution in [0.1, 0.15) is 18.3 Å². The number of rotatable bonds is 12. The summed E-state index contributed by atoms with van der Waals surface area (Å²) < 4.78 is 0. The lowest BCUT2D eigenvalue weighted by Gasteiger charge is -2.23. The molecule has 0 aliphatic rings. The number of carbonyl (C=O) groups is 4. The number of carboxylic acids is 1. The Bertz CT molecular complexity index is 901. The molecule has 0 fully saturated rings. The summed E-state index contributed by atoms with van der Waals surface area (Å²) in [5.74, 6) is -3.45. The van der Waals surface area contributed by atoms with Crippen LogP contribution in [0.2, 0.25) is 0 Å². The van der Waals surface area contributed by atoms with Crippen LogP contribution in [-0.2, 0) is 32.0 Å². The van der Waals surface area contributed by atoms with Gasteiger partial charge in [-0.05, 0) is 6.92 Å². The van der Waals surface area contributed by atoms with Crippen LogP contribution in [0.15, 0.2) is 25.0 Å². The Balaban J connectivity index is 2.01. The van der Waals surface area contributed by atoms with E-state index in [4.69, 9.17) is 10.8 Å². The van der Waals surface area contributed by atoms with Crippen LogP contribution in [0.5, 0.6) is 0 Å². The number of aliphatic hydroxyl groups excluding tert-OH is 1. The van der Waals surface area contributed by atoms with E-state index < -0.39 is 54.5 Å². The zero-order valence-electron chi connectivity index (χ0n) is 17.2. The summed E-state index contributed by atoms with van der Waals surface area (Å²) in [5, 5.41) is 25.6. The van der Waals surface area contributed by atoms with Gasteiger partial charge in [-0.2, -0.15) is 0 Å². The first-order valence-electron chi connectivity index (χ1n) is 9.66. The standard InChI is InChI=1S/C18H26N8O6/c1-9(15(28)26-14(18(31)32)3-11-5-21-8-23-11)24-17(30)13(2-10-4-20-7-22-10)25-16(29)12(19)6-27/h4-5,7-9,12-14,27H,2-3,6,19H2,1H3,(H,20,22)(H,21,23)(H,24,30)(H,25,29)(H,26,28)(H,31,32). The summed E-state index contributed by atoms with van der Waals surface area (Å²) in [6, 6.07) is -4.72. The van der Waals surface area contributed by atoms with E-state index in [0.29, 0.717) is 11.4 Å². The molecule has 9 N–H and O–H groups in total. The van der Waals surface area contributed by atoms with Crippen molar-refractivity contribution in [1.82, 2.24) is 35.9 Å². The molecule has 0 spiro atoms. The van der Waals surface area contributed by atoms with Crippen molar-refractivity contribution < 1.29 is 29.4 Å². The highest BCUT2D eigenvalue weighted by molar-refractivity contribution is 5.94. The Kier molecular flexibility index (Phi) is 8.85. The fraction of sp³-hybridized carbons (Fsp3) is 0.444. The van der Waals surface area contributed by atoms with E-state index in [0.717, 1.165) is 0 Å². The number of hydrogen-bond acceptors (Lipinski definition) is 8. The molecule has 32 heavy (non-hydrogen) atoms. The Hall–Kier alpha value is -3.78. The monoisotopic (exact) mass is 450 g/mol. The molecule has 4 atom stereocenters. The molecule has 2 heterocycles. The number of aromatic nitrogens is 4. The van der Waals surface area contributed by atoms with E-state index in [1.807, 2.05) is 0 Å². The Morgan fingerprint density at radius 1 is 0.938 bits per heavy atom. The molecule has 2 aromatic heterocycles. The van der Waals surface area contributed by atoms with E-state index >= 15 is 0 Å². The summed E-state index contributed by atoms with van der Waals surface area (Å²) >= 11 is 0. The van der Waals surface area contributed by atoms with Crippen molar-refractivity contribution in [3.63, 3.8) is 0 Å². The van der Waals surface area contributed by atoms with E-state index in [1.54, 1.807) is 0 Å². The number of nitrogens with one attached hydrogen (secondary N) is 5. The quantitative estimate of drug-likeness (QED) is 0.162. The summed E-state index contributed by atoms with van der Waals surface area (Å²) in [4.78, 5) is 61.9. The Morgan fingerprint density at radius 3 is 1.94 bits per heavy atom. The van der Waals surface area contributed by atoms with Crippen molar-refractivity contribution in [2.24, 2.45) is 5.73 Å². The molecule has 0 saturated heterocycles. The number of carbonyl (C=O) groups excluding carboxylic acids is 3. The van der Waals surface area contributed by atoms with Gasteiger partial charge in [0, 0.05) is 36.6 Å². The van der Waals surface area contributed by atoms with Gasteiger partial charge in [0.05, 0.1) is 19.3 Å². The lowest BCUT2D eigenvalue weighted by atomic mass is 10.1. The molecule has 14 nitrogen and oxygen atoms in total. The van der Waals surface area contributed by atoms with Crippen LogP contribution in [0.25, 0.3) is 0 Å². The smallest absolute Gasteiger partial charge is 0.326 e. The molecule has 0 saturated carbocycles. The van der Waals surface area contributed by atoms with Gasteiger partial charge < -0.3 is 41.9 Å². The largest absolute Gasteiger partial charge is 0.480 e. The molecule has 2 rings (SSSR count). The van der Waals surface area contributed by atoms with Crippen LogP contribution in [-0.4, -0.2) is 84.6 Å². The molecule has 3 amide bonds. The lowest BCUT2D eigenvalue weighted by molar-refractivity contribution is -0.142. The Labute approximate surface area is 182 Å². The van der Waals surface area contributed by atoms with E-state index in [-0.39, 0.29) is 12.8 Å². The molecule has 4 unspecified atom stereocenters. The normalized spacial score (nSPS) is 14.6. The number of hydrogen-bond donors (Lipinski definition) is 8. The molecule has 0 radical (unpaired) electrons. The highest BCUT2D eigenvalue weighted by Crippen LogP contribution is 2.02. The second-order valence-corrected chi connectivity index (χ2v) is 7.04. The predicted molar refractivity (Wildman–Crippen MR) is 109 cm³/mol. The number of nitrogens with two attached hydrogens (primary N) is 1. The summed E-state index contributed by atoms with van der Waals surface area (Å²) in [5.41, 5.74) is 6.53. The number of H-pyrrole nitrogens is 2. The van der Waals surface area contributed by atoms with E-state index in [2.05, 4.69) is 35.9 Å². The fourth-order valence-electron chi connectivity index (χ4n) is 2.68. The minimum Gasteiger partial charge on any atom is -0.480 e.